The number of ether oxygens (including phenoxy) is 6. The molecule has 0 spiro atoms. The lowest BCUT2D eigenvalue weighted by Gasteiger charge is -2.26. The molecule has 5 aromatic rings. The standard InChI is InChI=1S/C39H48N7O18PS2/c1-23-3-7-25(8-4-23)66(53,54)15-13-57-21-59-33-31(49)28(63-37(33)45-12-11-29(48)44-39(45)50)18-61-65(51,52)64-32-27(17-47)62-38(46-20-43-30-35(40)41-19-42-36(30)46)34(32)60-22-58-14-16-67(55,56)26-9-5-24(2)6-10-26/h3-12,19-20,27-28,31-34,37-38,47,49H,13-18,21-22H2,1-2H3,(H,51,52)(H2,40,41,42)(H,44,48,50)/t27-,28-,31-,32-,33-,34-,37-,38-/m1/s1. The number of sulfone groups is 2. The number of nitrogen functional groups attached to an aromatic ring is 1. The third-order valence-corrected chi connectivity index (χ3v) is 15.0. The largest absolute Gasteiger partial charge is 0.472 e. The number of fused-ring (bicyclic) bond motifs is 1. The fraction of sp³-hybridized carbons (Fsp3) is 0.462. The van der Waals surface area contributed by atoms with Crippen molar-refractivity contribution >= 4 is 44.5 Å². The van der Waals surface area contributed by atoms with Gasteiger partial charge in [0.15, 0.2) is 43.6 Å². The summed E-state index contributed by atoms with van der Waals surface area (Å²) in [5, 5.41) is 21.8. The topological polar surface area (TPSA) is 344 Å². The van der Waals surface area contributed by atoms with Crippen LogP contribution in [-0.4, -0.2) is 149 Å². The molecule has 28 heteroatoms. The second-order valence-corrected chi connectivity index (χ2v) is 20.9. The van der Waals surface area contributed by atoms with Crippen LogP contribution in [0, 0.1) is 13.8 Å². The second-order valence-electron chi connectivity index (χ2n) is 15.3. The average molecular weight is 998 g/mol. The highest BCUT2D eigenvalue weighted by atomic mass is 32.2. The Morgan fingerprint density at radius 2 is 1.36 bits per heavy atom. The molecule has 1 unspecified atom stereocenters. The zero-order valence-electron chi connectivity index (χ0n) is 35.7. The van der Waals surface area contributed by atoms with Crippen LogP contribution in [0.15, 0.2) is 92.8 Å². The molecule has 2 fully saturated rings. The molecule has 0 bridgehead atoms. The number of hydrogen-bond acceptors (Lipinski definition) is 21. The molecule has 0 saturated carbocycles. The minimum atomic E-state index is -5.27. The lowest BCUT2D eigenvalue weighted by Crippen LogP contribution is -2.40. The van der Waals surface area contributed by atoms with E-state index in [9.17, 15) is 46.1 Å². The molecule has 6 N–H and O–H groups in total. The summed E-state index contributed by atoms with van der Waals surface area (Å²) in [6.45, 7) is 0.0858. The number of aromatic amines is 1. The van der Waals surface area contributed by atoms with Gasteiger partial charge in [0.1, 0.15) is 62.1 Å². The van der Waals surface area contributed by atoms with Crippen molar-refractivity contribution in [3.63, 3.8) is 0 Å². The van der Waals surface area contributed by atoms with Crippen LogP contribution in [0.3, 0.4) is 0 Å². The number of phosphoric acid groups is 1. The molecule has 2 saturated heterocycles. The summed E-state index contributed by atoms with van der Waals surface area (Å²) in [6, 6.07) is 13.5. The van der Waals surface area contributed by atoms with Crippen LogP contribution < -0.4 is 17.0 Å². The first-order valence-corrected chi connectivity index (χ1v) is 25.1. The Hall–Kier alpha value is -4.84. The maximum Gasteiger partial charge on any atom is 0.472 e. The van der Waals surface area contributed by atoms with Crippen LogP contribution in [0.5, 0.6) is 0 Å². The summed E-state index contributed by atoms with van der Waals surface area (Å²) in [4.78, 5) is 50.3. The van der Waals surface area contributed by atoms with E-state index in [1.54, 1.807) is 24.3 Å². The quantitative estimate of drug-likeness (QED) is 0.0343. The minimum Gasteiger partial charge on any atom is -0.394 e. The van der Waals surface area contributed by atoms with E-state index >= 15 is 0 Å². The number of aliphatic hydroxyl groups excluding tert-OH is 2. The SMILES string of the molecule is Cc1ccc(S(=O)(=O)CCOCO[C@@H]2[C@H](O)[C@@H](COP(=O)(O)O[C@H]3[C@@H](OCOCCS(=O)(=O)c4ccc(C)cc4)[C@H](n4cnc5c(N)ncnc54)O[C@@H]3CO)O[C@H]2n2ccc(=O)[nH]c2=O)cc1. The number of nitrogens with two attached hydrogens (primary N) is 1. The summed E-state index contributed by atoms with van der Waals surface area (Å²) in [7, 11) is -12.7. The van der Waals surface area contributed by atoms with Gasteiger partial charge in [-0.25, -0.2) is 41.1 Å². The molecule has 2 aromatic carbocycles. The van der Waals surface area contributed by atoms with Crippen molar-refractivity contribution in [1.82, 2.24) is 29.1 Å². The first-order valence-electron chi connectivity index (χ1n) is 20.3. The third-order valence-electron chi connectivity index (χ3n) is 10.7. The number of nitrogens with zero attached hydrogens (tertiary/aromatic N) is 5. The highest BCUT2D eigenvalue weighted by Gasteiger charge is 2.52. The highest BCUT2D eigenvalue weighted by Crippen LogP contribution is 2.50. The number of rotatable bonds is 22. The molecule has 67 heavy (non-hydrogen) atoms. The summed E-state index contributed by atoms with van der Waals surface area (Å²) in [5.41, 5.74) is 6.33. The molecule has 2 aliphatic heterocycles. The van der Waals surface area contributed by atoms with E-state index in [2.05, 4.69) is 19.9 Å². The lowest BCUT2D eigenvalue weighted by molar-refractivity contribution is -0.137. The fourth-order valence-electron chi connectivity index (χ4n) is 7.11. The fourth-order valence-corrected chi connectivity index (χ4v) is 10.3. The molecule has 7 rings (SSSR count). The molecule has 3 aromatic heterocycles. The lowest BCUT2D eigenvalue weighted by atomic mass is 10.1. The molecule has 0 radical (unpaired) electrons. The molecule has 2 aliphatic rings. The maximum absolute atomic E-state index is 13.7. The van der Waals surface area contributed by atoms with Gasteiger partial charge in [0.25, 0.3) is 5.56 Å². The first-order chi connectivity index (χ1) is 31.9. The maximum atomic E-state index is 13.7. The summed E-state index contributed by atoms with van der Waals surface area (Å²) in [6.07, 6.45) is -8.38. The molecular weight excluding hydrogens is 950 g/mol. The van der Waals surface area contributed by atoms with Gasteiger partial charge in [0.05, 0.1) is 54.1 Å². The van der Waals surface area contributed by atoms with Crippen molar-refractivity contribution in [2.45, 2.75) is 72.7 Å². The molecular formula is C39H48N7O18PS2. The Kier molecular flexibility index (Phi) is 15.8. The normalized spacial score (nSPS) is 24.3. The van der Waals surface area contributed by atoms with Crippen molar-refractivity contribution < 1.29 is 74.0 Å². The number of phosphoric ester groups is 1. The second kappa shape index (κ2) is 21.2. The molecule has 25 nitrogen and oxygen atoms in total. The van der Waals surface area contributed by atoms with Gasteiger partial charge in [-0.05, 0) is 38.1 Å². The number of benzene rings is 2. The number of H-pyrrole nitrogens is 1. The van der Waals surface area contributed by atoms with Gasteiger partial charge >= 0.3 is 13.5 Å². The Bertz CT molecular complexity index is 2880. The summed E-state index contributed by atoms with van der Waals surface area (Å²) >= 11 is 0. The van der Waals surface area contributed by atoms with Crippen LogP contribution in [-0.2, 0) is 61.7 Å². The minimum absolute atomic E-state index is 0.0191. The molecule has 0 amide bonds. The van der Waals surface area contributed by atoms with Crippen molar-refractivity contribution in [3.8, 4) is 0 Å². The van der Waals surface area contributed by atoms with E-state index in [4.69, 9.17) is 43.2 Å². The van der Waals surface area contributed by atoms with Gasteiger partial charge in [0, 0.05) is 12.3 Å². The monoisotopic (exact) mass is 997 g/mol. The molecule has 0 aliphatic carbocycles. The number of aliphatic hydroxyl groups is 2. The van der Waals surface area contributed by atoms with Crippen LogP contribution in [0.4, 0.5) is 5.82 Å². The Morgan fingerprint density at radius 1 is 0.791 bits per heavy atom. The van der Waals surface area contributed by atoms with E-state index in [1.165, 1.54) is 35.2 Å². The predicted octanol–water partition coefficient (Wildman–Crippen LogP) is -0.108. The zero-order chi connectivity index (χ0) is 48.1. The zero-order valence-corrected chi connectivity index (χ0v) is 38.3. The highest BCUT2D eigenvalue weighted by molar-refractivity contribution is 7.91. The van der Waals surface area contributed by atoms with Crippen LogP contribution in [0.25, 0.3) is 11.2 Å². The van der Waals surface area contributed by atoms with E-state index in [0.717, 1.165) is 34.3 Å². The Balaban J connectivity index is 1.03. The number of nitrogens with one attached hydrogen (secondary N) is 1. The predicted molar refractivity (Wildman–Crippen MR) is 230 cm³/mol. The number of hydrogen-bond donors (Lipinski definition) is 5. The summed E-state index contributed by atoms with van der Waals surface area (Å²) in [5.74, 6) is -0.821. The Labute approximate surface area is 381 Å². The van der Waals surface area contributed by atoms with Gasteiger partial charge in [-0.15, -0.1) is 0 Å². The number of imidazole rings is 1. The van der Waals surface area contributed by atoms with Crippen LogP contribution >= 0.6 is 7.82 Å². The Morgan fingerprint density at radius 3 is 1.94 bits per heavy atom. The average Bonchev–Trinajstić information content (AvgIpc) is 3.96. The van der Waals surface area contributed by atoms with Crippen LogP contribution in [0.1, 0.15) is 23.6 Å². The third kappa shape index (κ3) is 11.9. The van der Waals surface area contributed by atoms with Gasteiger partial charge < -0.3 is 49.3 Å². The van der Waals surface area contributed by atoms with Gasteiger partial charge in [0.2, 0.25) is 0 Å². The number of anilines is 1. The van der Waals surface area contributed by atoms with Crippen molar-refractivity contribution in [1.29, 1.82) is 0 Å². The molecule has 364 valence electrons. The van der Waals surface area contributed by atoms with E-state index < -0.39 is 126 Å². The molecule has 9 atom stereocenters. The number of aromatic nitrogens is 6. The van der Waals surface area contributed by atoms with E-state index in [1.807, 2.05) is 13.8 Å². The van der Waals surface area contributed by atoms with Crippen molar-refractivity contribution in [2.24, 2.45) is 0 Å². The van der Waals surface area contributed by atoms with Crippen LogP contribution in [0.2, 0.25) is 0 Å². The first kappa shape index (κ1) is 50.0. The molecule has 5 heterocycles. The van der Waals surface area contributed by atoms with E-state index in [0.29, 0.717) is 0 Å². The van der Waals surface area contributed by atoms with E-state index in [-0.39, 0.29) is 40.0 Å². The smallest absolute Gasteiger partial charge is 0.394 e. The summed E-state index contributed by atoms with van der Waals surface area (Å²) < 4.78 is 113. The van der Waals surface area contributed by atoms with Crippen molar-refractivity contribution in [3.05, 3.63) is 105 Å². The van der Waals surface area contributed by atoms with Gasteiger partial charge in [-0.1, -0.05) is 35.4 Å². The number of aryl methyl sites for hydroxylation is 2. The van der Waals surface area contributed by atoms with Crippen molar-refractivity contribution in [2.75, 3.05) is 57.3 Å². The van der Waals surface area contributed by atoms with Gasteiger partial charge in [-0.2, -0.15) is 0 Å². The van der Waals surface area contributed by atoms with Gasteiger partial charge in [-0.3, -0.25) is 28.0 Å².